The third-order valence-corrected chi connectivity index (χ3v) is 1.68. The predicted molar refractivity (Wildman–Crippen MR) is 41.5 cm³/mol. The molecule has 16 heavy (non-hydrogen) atoms. The van der Waals surface area contributed by atoms with Gasteiger partial charge in [-0.25, -0.2) is 0 Å². The van der Waals surface area contributed by atoms with Crippen LogP contribution in [-0.4, -0.2) is 24.9 Å². The molecule has 2 nitrogen and oxygen atoms in total. The lowest BCUT2D eigenvalue weighted by molar-refractivity contribution is -0.183. The predicted octanol–water partition coefficient (Wildman–Crippen LogP) is 3.07. The first-order chi connectivity index (χ1) is 7.02. The number of ether oxygens (including phenoxy) is 1. The molecule has 0 aromatic carbocycles. The summed E-state index contributed by atoms with van der Waals surface area (Å²) in [6, 6.07) is 0. The molecule has 96 valence electrons. The third-order valence-electron chi connectivity index (χ3n) is 1.68. The first-order valence-electron chi connectivity index (χ1n) is 4.31. The zero-order chi connectivity index (χ0) is 13.0. The summed E-state index contributed by atoms with van der Waals surface area (Å²) >= 11 is 0. The van der Waals surface area contributed by atoms with Crippen LogP contribution in [0.2, 0.25) is 0 Å². The molecule has 0 bridgehead atoms. The average Bonchev–Trinajstić information content (AvgIpc) is 1.99. The Morgan fingerprint density at radius 2 is 1.69 bits per heavy atom. The Balaban J connectivity index is 3.84. The van der Waals surface area contributed by atoms with E-state index in [2.05, 4.69) is 4.74 Å². The number of hydrogen-bond donors (Lipinski definition) is 0. The van der Waals surface area contributed by atoms with Gasteiger partial charge >= 0.3 is 18.3 Å². The number of carbonyl (C=O) groups is 1. The van der Waals surface area contributed by atoms with Crippen LogP contribution < -0.4 is 0 Å². The third kappa shape index (κ3) is 7.36. The first kappa shape index (κ1) is 15.0. The van der Waals surface area contributed by atoms with Crippen molar-refractivity contribution in [3.8, 4) is 0 Å². The summed E-state index contributed by atoms with van der Waals surface area (Å²) in [5.41, 5.74) is 0. The van der Waals surface area contributed by atoms with E-state index in [0.29, 0.717) is 0 Å². The van der Waals surface area contributed by atoms with Crippen LogP contribution >= 0.6 is 0 Å². The average molecular weight is 252 g/mol. The second-order valence-electron chi connectivity index (χ2n) is 3.23. The standard InChI is InChI=1S/C8H10F6O2/c1-5(8(12,13)14)4-6(15)16-3-2-7(9,10)11/h5H,2-4H2,1H3. The summed E-state index contributed by atoms with van der Waals surface area (Å²) in [7, 11) is 0. The summed E-state index contributed by atoms with van der Waals surface area (Å²) < 4.78 is 74.6. The van der Waals surface area contributed by atoms with Gasteiger partial charge in [-0.05, 0) is 0 Å². The minimum absolute atomic E-state index is 0.755. The Labute approximate surface area is 87.6 Å². The van der Waals surface area contributed by atoms with E-state index in [1.54, 1.807) is 0 Å². The molecule has 0 rings (SSSR count). The van der Waals surface area contributed by atoms with Gasteiger partial charge in [-0.3, -0.25) is 4.79 Å². The SMILES string of the molecule is CC(CC(=O)OCCC(F)(F)F)C(F)(F)F. The molecule has 0 fully saturated rings. The fourth-order valence-electron chi connectivity index (χ4n) is 0.705. The molecule has 0 saturated carbocycles. The van der Waals surface area contributed by atoms with E-state index in [-0.39, 0.29) is 0 Å². The number of esters is 1. The van der Waals surface area contributed by atoms with Crippen molar-refractivity contribution in [1.29, 1.82) is 0 Å². The van der Waals surface area contributed by atoms with Crippen molar-refractivity contribution >= 4 is 5.97 Å². The molecule has 1 unspecified atom stereocenters. The number of hydrogen-bond acceptors (Lipinski definition) is 2. The summed E-state index contributed by atoms with van der Waals surface area (Å²) in [5, 5.41) is 0. The molecule has 1 atom stereocenters. The molecule has 0 heterocycles. The Morgan fingerprint density at radius 1 is 1.19 bits per heavy atom. The highest BCUT2D eigenvalue weighted by Gasteiger charge is 2.37. The van der Waals surface area contributed by atoms with E-state index in [1.165, 1.54) is 0 Å². The van der Waals surface area contributed by atoms with Gasteiger partial charge in [0.1, 0.15) is 0 Å². The van der Waals surface area contributed by atoms with Gasteiger partial charge in [0.2, 0.25) is 0 Å². The van der Waals surface area contributed by atoms with Gasteiger partial charge in [0.15, 0.2) is 0 Å². The van der Waals surface area contributed by atoms with Gasteiger partial charge in [0, 0.05) is 0 Å². The number of halogens is 6. The molecule has 0 saturated heterocycles. The van der Waals surface area contributed by atoms with Gasteiger partial charge in [-0.2, -0.15) is 26.3 Å². The van der Waals surface area contributed by atoms with Gasteiger partial charge in [0.05, 0.1) is 25.4 Å². The van der Waals surface area contributed by atoms with Crippen molar-refractivity contribution in [3.63, 3.8) is 0 Å². The Bertz CT molecular complexity index is 232. The Kier molecular flexibility index (Phi) is 5.08. The molecule has 8 heteroatoms. The normalized spacial score (nSPS) is 14.7. The van der Waals surface area contributed by atoms with E-state index in [0.717, 1.165) is 6.92 Å². The topological polar surface area (TPSA) is 26.3 Å². The van der Waals surface area contributed by atoms with E-state index in [1.807, 2.05) is 0 Å². The molecule has 0 aromatic rings. The lowest BCUT2D eigenvalue weighted by Crippen LogP contribution is -2.24. The molecule has 0 aromatic heterocycles. The maximum atomic E-state index is 11.9. The van der Waals surface area contributed by atoms with Gasteiger partial charge < -0.3 is 4.74 Å². The highest BCUT2D eigenvalue weighted by molar-refractivity contribution is 5.69. The quantitative estimate of drug-likeness (QED) is 0.567. The summed E-state index contributed by atoms with van der Waals surface area (Å²) in [5.74, 6) is -3.21. The molecular formula is C8H10F6O2. The molecule has 0 amide bonds. The molecular weight excluding hydrogens is 242 g/mol. The van der Waals surface area contributed by atoms with Gasteiger partial charge in [-0.15, -0.1) is 0 Å². The van der Waals surface area contributed by atoms with Crippen LogP contribution in [-0.2, 0) is 9.53 Å². The maximum absolute atomic E-state index is 11.9. The van der Waals surface area contributed by atoms with Crippen molar-refractivity contribution in [1.82, 2.24) is 0 Å². The minimum atomic E-state index is -4.55. The van der Waals surface area contributed by atoms with Crippen LogP contribution in [0.3, 0.4) is 0 Å². The number of rotatable bonds is 4. The molecule has 0 aliphatic heterocycles. The van der Waals surface area contributed by atoms with Crippen LogP contribution in [0.5, 0.6) is 0 Å². The van der Waals surface area contributed by atoms with E-state index in [4.69, 9.17) is 0 Å². The van der Waals surface area contributed by atoms with Crippen LogP contribution in [0.4, 0.5) is 26.3 Å². The first-order valence-corrected chi connectivity index (χ1v) is 4.31. The monoisotopic (exact) mass is 252 g/mol. The van der Waals surface area contributed by atoms with Crippen molar-refractivity contribution in [3.05, 3.63) is 0 Å². The maximum Gasteiger partial charge on any atom is 0.392 e. The fourth-order valence-corrected chi connectivity index (χ4v) is 0.705. The van der Waals surface area contributed by atoms with Crippen LogP contribution in [0.1, 0.15) is 19.8 Å². The minimum Gasteiger partial charge on any atom is -0.465 e. The molecule has 0 spiro atoms. The second kappa shape index (κ2) is 5.40. The highest BCUT2D eigenvalue weighted by atomic mass is 19.4. The molecule has 0 radical (unpaired) electrons. The van der Waals surface area contributed by atoms with Crippen molar-refractivity contribution in [2.75, 3.05) is 6.61 Å². The van der Waals surface area contributed by atoms with Crippen LogP contribution in [0.15, 0.2) is 0 Å². The fraction of sp³-hybridized carbons (Fsp3) is 0.875. The van der Waals surface area contributed by atoms with Gasteiger partial charge in [-0.1, -0.05) is 6.92 Å². The summed E-state index contributed by atoms with van der Waals surface area (Å²) in [6.07, 6.45) is -11.4. The zero-order valence-corrected chi connectivity index (χ0v) is 8.28. The number of alkyl halides is 6. The smallest absolute Gasteiger partial charge is 0.392 e. The van der Waals surface area contributed by atoms with Crippen molar-refractivity contribution in [2.45, 2.75) is 32.1 Å². The van der Waals surface area contributed by atoms with Crippen molar-refractivity contribution in [2.24, 2.45) is 5.92 Å². The van der Waals surface area contributed by atoms with E-state index < -0.39 is 43.7 Å². The van der Waals surface area contributed by atoms with Crippen molar-refractivity contribution < 1.29 is 35.9 Å². The van der Waals surface area contributed by atoms with Crippen LogP contribution in [0.25, 0.3) is 0 Å². The van der Waals surface area contributed by atoms with Crippen LogP contribution in [0, 0.1) is 5.92 Å². The lowest BCUT2D eigenvalue weighted by Gasteiger charge is -2.14. The largest absolute Gasteiger partial charge is 0.465 e. The second-order valence-corrected chi connectivity index (χ2v) is 3.23. The highest BCUT2D eigenvalue weighted by Crippen LogP contribution is 2.28. The lowest BCUT2D eigenvalue weighted by atomic mass is 10.1. The molecule has 0 aliphatic carbocycles. The molecule has 0 N–H and O–H groups in total. The number of carbonyl (C=O) groups excluding carboxylic acids is 1. The Hall–Kier alpha value is -0.950. The van der Waals surface area contributed by atoms with E-state index in [9.17, 15) is 31.1 Å². The Morgan fingerprint density at radius 3 is 2.06 bits per heavy atom. The van der Waals surface area contributed by atoms with E-state index >= 15 is 0 Å². The summed E-state index contributed by atoms with van der Waals surface area (Å²) in [6.45, 7) is -0.196. The molecule has 0 aliphatic rings. The zero-order valence-electron chi connectivity index (χ0n) is 8.28. The van der Waals surface area contributed by atoms with Gasteiger partial charge in [0.25, 0.3) is 0 Å². The summed E-state index contributed by atoms with van der Waals surface area (Å²) in [4.78, 5) is 10.7.